The molecule has 0 bridgehead atoms. The zero-order valence-electron chi connectivity index (χ0n) is 13.0. The number of rotatable bonds is 5. The minimum absolute atomic E-state index is 0.113. The van der Waals surface area contributed by atoms with E-state index in [0.717, 1.165) is 29.7 Å². The average molecular weight is 323 g/mol. The predicted molar refractivity (Wildman–Crippen MR) is 89.3 cm³/mol. The van der Waals surface area contributed by atoms with Crippen LogP contribution in [0.3, 0.4) is 0 Å². The highest BCUT2D eigenvalue weighted by Crippen LogP contribution is 2.32. The molecule has 1 amide bonds. The van der Waals surface area contributed by atoms with Crippen molar-refractivity contribution in [2.45, 2.75) is 12.8 Å². The fraction of sp³-hybridized carbons (Fsp3) is 0.222. The highest BCUT2D eigenvalue weighted by Gasteiger charge is 2.15. The van der Waals surface area contributed by atoms with E-state index in [-0.39, 0.29) is 12.7 Å². The predicted octanol–water partition coefficient (Wildman–Crippen LogP) is 2.65. The Morgan fingerprint density at radius 3 is 2.96 bits per heavy atom. The summed E-state index contributed by atoms with van der Waals surface area (Å²) in [5.74, 6) is 2.12. The first-order valence-corrected chi connectivity index (χ1v) is 7.91. The van der Waals surface area contributed by atoms with Gasteiger partial charge in [-0.15, -0.1) is 0 Å². The Kier molecular flexibility index (Phi) is 3.78. The molecule has 1 aliphatic rings. The number of carbonyl (C=O) groups excluding carboxylic acids is 1. The van der Waals surface area contributed by atoms with Gasteiger partial charge in [0.25, 0.3) is 5.91 Å². The molecular formula is C18H17N3O3. The largest absolute Gasteiger partial charge is 0.454 e. The Labute approximate surface area is 138 Å². The lowest BCUT2D eigenvalue weighted by Gasteiger charge is -2.05. The summed E-state index contributed by atoms with van der Waals surface area (Å²) in [6.07, 6.45) is 1.60. The molecule has 0 atom stereocenters. The molecule has 3 aromatic rings. The maximum atomic E-state index is 12.2. The number of hydrogen-bond acceptors (Lipinski definition) is 4. The number of H-pyrrole nitrogens is 1. The van der Waals surface area contributed by atoms with Crippen molar-refractivity contribution >= 4 is 16.9 Å². The Hall–Kier alpha value is -3.02. The number of aromatic nitrogens is 2. The van der Waals surface area contributed by atoms with E-state index in [1.54, 1.807) is 18.2 Å². The highest BCUT2D eigenvalue weighted by atomic mass is 16.7. The summed E-state index contributed by atoms with van der Waals surface area (Å²) < 4.78 is 10.5. The minimum Gasteiger partial charge on any atom is -0.454 e. The van der Waals surface area contributed by atoms with Gasteiger partial charge in [0.2, 0.25) is 6.79 Å². The molecular weight excluding hydrogens is 306 g/mol. The Balaban J connectivity index is 1.30. The van der Waals surface area contributed by atoms with Crippen LogP contribution in [0.2, 0.25) is 0 Å². The lowest BCUT2D eigenvalue weighted by molar-refractivity contribution is 0.0952. The van der Waals surface area contributed by atoms with E-state index in [9.17, 15) is 4.79 Å². The number of imidazole rings is 1. The first-order valence-electron chi connectivity index (χ1n) is 7.91. The van der Waals surface area contributed by atoms with Gasteiger partial charge in [0.15, 0.2) is 11.5 Å². The number of aromatic amines is 1. The Bertz CT molecular complexity index is 855. The van der Waals surface area contributed by atoms with Crippen molar-refractivity contribution in [1.29, 1.82) is 0 Å². The van der Waals surface area contributed by atoms with E-state index in [1.807, 2.05) is 24.3 Å². The molecule has 0 fully saturated rings. The molecule has 4 rings (SSSR count). The number of amides is 1. The quantitative estimate of drug-likeness (QED) is 0.708. The van der Waals surface area contributed by atoms with Crippen LogP contribution in [0.4, 0.5) is 0 Å². The molecule has 2 N–H and O–H groups in total. The summed E-state index contributed by atoms with van der Waals surface area (Å²) in [5, 5.41) is 2.92. The Morgan fingerprint density at radius 2 is 2.04 bits per heavy atom. The number of para-hydroxylation sites is 2. The molecule has 6 heteroatoms. The molecule has 2 aromatic carbocycles. The molecule has 0 saturated carbocycles. The number of nitrogens with zero attached hydrogens (tertiary/aromatic N) is 1. The molecule has 122 valence electrons. The van der Waals surface area contributed by atoms with E-state index >= 15 is 0 Å². The van der Waals surface area contributed by atoms with Gasteiger partial charge < -0.3 is 19.8 Å². The highest BCUT2D eigenvalue weighted by molar-refractivity contribution is 5.94. The van der Waals surface area contributed by atoms with Gasteiger partial charge in [-0.05, 0) is 36.8 Å². The van der Waals surface area contributed by atoms with Crippen molar-refractivity contribution in [1.82, 2.24) is 15.3 Å². The number of hydrogen-bond donors (Lipinski definition) is 2. The van der Waals surface area contributed by atoms with Gasteiger partial charge in [0, 0.05) is 18.5 Å². The van der Waals surface area contributed by atoms with Crippen molar-refractivity contribution in [3.63, 3.8) is 0 Å². The number of carbonyl (C=O) groups is 1. The van der Waals surface area contributed by atoms with Crippen LogP contribution >= 0.6 is 0 Å². The first-order chi connectivity index (χ1) is 11.8. The molecule has 6 nitrogen and oxygen atoms in total. The number of fused-ring (bicyclic) bond motifs is 2. The second-order valence-electron chi connectivity index (χ2n) is 5.63. The van der Waals surface area contributed by atoms with Crippen molar-refractivity contribution in [3.8, 4) is 11.5 Å². The van der Waals surface area contributed by atoms with E-state index in [0.29, 0.717) is 23.6 Å². The van der Waals surface area contributed by atoms with Crippen LogP contribution in [-0.2, 0) is 6.42 Å². The van der Waals surface area contributed by atoms with Gasteiger partial charge in [0.05, 0.1) is 11.0 Å². The monoisotopic (exact) mass is 323 g/mol. The van der Waals surface area contributed by atoms with E-state index < -0.39 is 0 Å². The fourth-order valence-electron chi connectivity index (χ4n) is 2.72. The van der Waals surface area contributed by atoms with Crippen molar-refractivity contribution in [2.24, 2.45) is 0 Å². The standard InChI is InChI=1S/C18H17N3O3/c22-18(12-7-8-15-16(10-12)24-11-23-15)19-9-3-6-17-20-13-4-1-2-5-14(13)21-17/h1-2,4-5,7-8,10H,3,6,9,11H2,(H,19,22)(H,20,21). The summed E-state index contributed by atoms with van der Waals surface area (Å²) in [4.78, 5) is 20.0. The summed E-state index contributed by atoms with van der Waals surface area (Å²) in [6, 6.07) is 13.1. The van der Waals surface area contributed by atoms with Gasteiger partial charge in [-0.3, -0.25) is 4.79 Å². The lowest BCUT2D eigenvalue weighted by atomic mass is 10.2. The molecule has 1 aromatic heterocycles. The number of aryl methyl sites for hydroxylation is 1. The smallest absolute Gasteiger partial charge is 0.251 e. The molecule has 0 saturated heterocycles. The molecule has 0 unspecified atom stereocenters. The van der Waals surface area contributed by atoms with Crippen LogP contribution in [0.15, 0.2) is 42.5 Å². The van der Waals surface area contributed by atoms with Gasteiger partial charge in [-0.25, -0.2) is 4.98 Å². The van der Waals surface area contributed by atoms with Gasteiger partial charge in [0.1, 0.15) is 5.82 Å². The van der Waals surface area contributed by atoms with Gasteiger partial charge in [-0.1, -0.05) is 12.1 Å². The maximum Gasteiger partial charge on any atom is 0.251 e. The average Bonchev–Trinajstić information content (AvgIpc) is 3.23. The van der Waals surface area contributed by atoms with Crippen LogP contribution in [0, 0.1) is 0 Å². The van der Waals surface area contributed by atoms with E-state index in [1.165, 1.54) is 0 Å². The second kappa shape index (κ2) is 6.23. The maximum absolute atomic E-state index is 12.2. The van der Waals surface area contributed by atoms with Crippen LogP contribution in [0.1, 0.15) is 22.6 Å². The summed E-state index contributed by atoms with van der Waals surface area (Å²) in [6.45, 7) is 0.794. The lowest BCUT2D eigenvalue weighted by Crippen LogP contribution is -2.24. The third-order valence-corrected chi connectivity index (χ3v) is 3.95. The fourth-order valence-corrected chi connectivity index (χ4v) is 2.72. The summed E-state index contributed by atoms with van der Waals surface area (Å²) >= 11 is 0. The third-order valence-electron chi connectivity index (χ3n) is 3.95. The summed E-state index contributed by atoms with van der Waals surface area (Å²) in [7, 11) is 0. The van der Waals surface area contributed by atoms with Crippen molar-refractivity contribution < 1.29 is 14.3 Å². The molecule has 0 radical (unpaired) electrons. The molecule has 1 aliphatic heterocycles. The first kappa shape index (κ1) is 14.6. The van der Waals surface area contributed by atoms with Gasteiger partial charge in [-0.2, -0.15) is 0 Å². The zero-order valence-corrected chi connectivity index (χ0v) is 13.0. The molecule has 2 heterocycles. The molecule has 0 spiro atoms. The SMILES string of the molecule is O=C(NCCCc1nc2ccccc2[nH]1)c1ccc2c(c1)OCO2. The van der Waals surface area contributed by atoms with Crippen LogP contribution in [0.25, 0.3) is 11.0 Å². The van der Waals surface area contributed by atoms with E-state index in [2.05, 4.69) is 15.3 Å². The Morgan fingerprint density at radius 1 is 1.17 bits per heavy atom. The summed E-state index contributed by atoms with van der Waals surface area (Å²) in [5.41, 5.74) is 2.58. The van der Waals surface area contributed by atoms with Crippen LogP contribution < -0.4 is 14.8 Å². The molecule has 24 heavy (non-hydrogen) atoms. The van der Waals surface area contributed by atoms with E-state index in [4.69, 9.17) is 9.47 Å². The second-order valence-corrected chi connectivity index (χ2v) is 5.63. The minimum atomic E-state index is -0.113. The van der Waals surface area contributed by atoms with Crippen LogP contribution in [-0.4, -0.2) is 29.2 Å². The van der Waals surface area contributed by atoms with Gasteiger partial charge >= 0.3 is 0 Å². The number of nitrogens with one attached hydrogen (secondary N) is 2. The third kappa shape index (κ3) is 2.90. The van der Waals surface area contributed by atoms with Crippen molar-refractivity contribution in [3.05, 3.63) is 53.9 Å². The zero-order chi connectivity index (χ0) is 16.4. The van der Waals surface area contributed by atoms with Crippen LogP contribution in [0.5, 0.6) is 11.5 Å². The van der Waals surface area contributed by atoms with Crippen molar-refractivity contribution in [2.75, 3.05) is 13.3 Å². The normalized spacial score (nSPS) is 12.5. The molecule has 0 aliphatic carbocycles. The number of benzene rings is 2. The topological polar surface area (TPSA) is 76.2 Å². The number of ether oxygens (including phenoxy) is 2.